The van der Waals surface area contributed by atoms with Gasteiger partial charge >= 0.3 is 0 Å². The molecule has 1 aliphatic carbocycles. The van der Waals surface area contributed by atoms with Crippen LogP contribution in [0.15, 0.2) is 0 Å². The number of hydrogen-bond donors (Lipinski definition) is 0. The Morgan fingerprint density at radius 3 is 2.43 bits per heavy atom. The van der Waals surface area contributed by atoms with E-state index in [1.54, 1.807) is 0 Å². The van der Waals surface area contributed by atoms with Gasteiger partial charge in [0.2, 0.25) is 0 Å². The van der Waals surface area contributed by atoms with Crippen molar-refractivity contribution in [2.75, 3.05) is 13.2 Å². The van der Waals surface area contributed by atoms with Crippen molar-refractivity contribution in [3.05, 3.63) is 0 Å². The van der Waals surface area contributed by atoms with Crippen molar-refractivity contribution in [1.29, 1.82) is 5.26 Å². The zero-order valence-electron chi connectivity index (χ0n) is 8.80. The zero-order chi connectivity index (χ0) is 9.86. The molecule has 0 N–H and O–H groups in total. The van der Waals surface area contributed by atoms with E-state index in [-0.39, 0.29) is 5.41 Å². The number of nitrogens with zero attached hydrogens (tertiary/aromatic N) is 1. The molecule has 0 aromatic heterocycles. The minimum atomic E-state index is 0.0437. The third-order valence-corrected chi connectivity index (χ3v) is 3.82. The van der Waals surface area contributed by atoms with E-state index in [0.29, 0.717) is 0 Å². The van der Waals surface area contributed by atoms with Gasteiger partial charge in [-0.25, -0.2) is 0 Å². The van der Waals surface area contributed by atoms with E-state index in [1.165, 1.54) is 25.7 Å². The smallest absolute Gasteiger partial charge is 0.0689 e. The topological polar surface area (TPSA) is 33.0 Å². The van der Waals surface area contributed by atoms with Gasteiger partial charge in [-0.1, -0.05) is 12.8 Å². The van der Waals surface area contributed by atoms with Crippen LogP contribution in [-0.2, 0) is 4.74 Å². The first-order valence-electron chi connectivity index (χ1n) is 5.84. The van der Waals surface area contributed by atoms with E-state index in [1.807, 2.05) is 0 Å². The molecule has 0 unspecified atom stereocenters. The molecule has 0 aromatic carbocycles. The maximum absolute atomic E-state index is 9.27. The Bertz CT molecular complexity index is 219. The summed E-state index contributed by atoms with van der Waals surface area (Å²) in [6.07, 6.45) is 8.27. The Balaban J connectivity index is 1.90. The van der Waals surface area contributed by atoms with E-state index < -0.39 is 0 Å². The molecule has 1 heterocycles. The van der Waals surface area contributed by atoms with Crippen LogP contribution in [0, 0.1) is 22.7 Å². The largest absolute Gasteiger partial charge is 0.381 e. The fourth-order valence-corrected chi connectivity index (χ4v) is 2.92. The van der Waals surface area contributed by atoms with Crippen LogP contribution in [0.4, 0.5) is 0 Å². The lowest BCUT2D eigenvalue weighted by atomic mass is 9.77. The number of hydrogen-bond acceptors (Lipinski definition) is 2. The van der Waals surface area contributed by atoms with Gasteiger partial charge in [-0.2, -0.15) is 5.26 Å². The quantitative estimate of drug-likeness (QED) is 0.675. The van der Waals surface area contributed by atoms with E-state index in [2.05, 4.69) is 6.07 Å². The van der Waals surface area contributed by atoms with Gasteiger partial charge < -0.3 is 4.74 Å². The van der Waals surface area contributed by atoms with Crippen molar-refractivity contribution < 1.29 is 4.74 Å². The molecule has 0 atom stereocenters. The van der Waals surface area contributed by atoms with Crippen LogP contribution in [0.2, 0.25) is 0 Å². The first kappa shape index (κ1) is 9.98. The molecule has 78 valence electrons. The molecule has 1 saturated carbocycles. The first-order chi connectivity index (χ1) is 6.85. The highest BCUT2D eigenvalue weighted by molar-refractivity contribution is 5.02. The van der Waals surface area contributed by atoms with Crippen molar-refractivity contribution in [3.8, 4) is 6.07 Å². The molecule has 0 spiro atoms. The van der Waals surface area contributed by atoms with Gasteiger partial charge in [-0.15, -0.1) is 0 Å². The monoisotopic (exact) mass is 193 g/mol. The Morgan fingerprint density at radius 1 is 1.21 bits per heavy atom. The van der Waals surface area contributed by atoms with Crippen molar-refractivity contribution in [3.63, 3.8) is 0 Å². The minimum absolute atomic E-state index is 0.0437. The van der Waals surface area contributed by atoms with Crippen LogP contribution in [0.3, 0.4) is 0 Å². The molecular formula is C12H19NO. The van der Waals surface area contributed by atoms with Gasteiger partial charge in [0.15, 0.2) is 0 Å². The Kier molecular flexibility index (Phi) is 3.08. The lowest BCUT2D eigenvalue weighted by Crippen LogP contribution is -2.24. The van der Waals surface area contributed by atoms with Gasteiger partial charge in [0, 0.05) is 13.2 Å². The maximum atomic E-state index is 9.27. The molecule has 2 nitrogen and oxygen atoms in total. The third-order valence-electron chi connectivity index (χ3n) is 3.82. The van der Waals surface area contributed by atoms with Crippen LogP contribution in [0.1, 0.15) is 44.9 Å². The highest BCUT2D eigenvalue weighted by atomic mass is 16.5. The highest BCUT2D eigenvalue weighted by Crippen LogP contribution is 2.44. The van der Waals surface area contributed by atoms with Crippen molar-refractivity contribution in [2.45, 2.75) is 44.9 Å². The van der Waals surface area contributed by atoms with E-state index >= 15 is 0 Å². The lowest BCUT2D eigenvalue weighted by Gasteiger charge is -2.29. The van der Waals surface area contributed by atoms with Crippen LogP contribution in [0.5, 0.6) is 0 Å². The predicted octanol–water partition coefficient (Wildman–Crippen LogP) is 2.89. The molecule has 2 rings (SSSR count). The number of rotatable bonds is 2. The predicted molar refractivity (Wildman–Crippen MR) is 54.7 cm³/mol. The van der Waals surface area contributed by atoms with E-state index in [0.717, 1.165) is 38.4 Å². The van der Waals surface area contributed by atoms with Crippen molar-refractivity contribution in [2.24, 2.45) is 11.3 Å². The standard InChI is InChI=1S/C12H19NO/c13-10-12(5-1-2-6-12)9-11-3-7-14-8-4-11/h11H,1-9H2. The summed E-state index contributed by atoms with van der Waals surface area (Å²) in [5.74, 6) is 0.751. The van der Waals surface area contributed by atoms with Gasteiger partial charge in [-0.05, 0) is 38.0 Å². The van der Waals surface area contributed by atoms with Crippen LogP contribution >= 0.6 is 0 Å². The lowest BCUT2D eigenvalue weighted by molar-refractivity contribution is 0.0538. The van der Waals surface area contributed by atoms with Crippen LogP contribution < -0.4 is 0 Å². The summed E-state index contributed by atoms with van der Waals surface area (Å²) in [5, 5.41) is 9.27. The minimum Gasteiger partial charge on any atom is -0.381 e. The summed E-state index contributed by atoms with van der Waals surface area (Å²) in [5.41, 5.74) is 0.0437. The average Bonchev–Trinajstić information content (AvgIpc) is 2.69. The Hall–Kier alpha value is -0.550. The summed E-state index contributed by atoms with van der Waals surface area (Å²) in [6.45, 7) is 1.82. The molecular weight excluding hydrogens is 174 g/mol. The molecule has 14 heavy (non-hydrogen) atoms. The van der Waals surface area contributed by atoms with Crippen molar-refractivity contribution >= 4 is 0 Å². The van der Waals surface area contributed by atoms with E-state index in [9.17, 15) is 5.26 Å². The van der Waals surface area contributed by atoms with Gasteiger partial charge in [-0.3, -0.25) is 0 Å². The molecule has 2 aliphatic rings. The number of nitriles is 1. The normalized spacial score (nSPS) is 27.4. The van der Waals surface area contributed by atoms with Gasteiger partial charge in [0.25, 0.3) is 0 Å². The van der Waals surface area contributed by atoms with Gasteiger partial charge in [0.05, 0.1) is 11.5 Å². The van der Waals surface area contributed by atoms with Gasteiger partial charge in [0.1, 0.15) is 0 Å². The second-order valence-corrected chi connectivity index (χ2v) is 4.86. The second-order valence-electron chi connectivity index (χ2n) is 4.86. The van der Waals surface area contributed by atoms with E-state index in [4.69, 9.17) is 4.74 Å². The summed E-state index contributed by atoms with van der Waals surface area (Å²) < 4.78 is 5.35. The number of ether oxygens (including phenoxy) is 1. The molecule has 1 saturated heterocycles. The Labute approximate surface area is 86.2 Å². The summed E-state index contributed by atoms with van der Waals surface area (Å²) in [7, 11) is 0. The summed E-state index contributed by atoms with van der Waals surface area (Å²) >= 11 is 0. The molecule has 1 aliphatic heterocycles. The maximum Gasteiger partial charge on any atom is 0.0689 e. The molecule has 0 bridgehead atoms. The zero-order valence-corrected chi connectivity index (χ0v) is 8.80. The molecule has 2 heteroatoms. The van der Waals surface area contributed by atoms with Crippen LogP contribution in [0.25, 0.3) is 0 Å². The SMILES string of the molecule is N#CC1(CC2CCOCC2)CCCC1. The first-order valence-corrected chi connectivity index (χ1v) is 5.84. The highest BCUT2D eigenvalue weighted by Gasteiger charge is 2.36. The summed E-state index contributed by atoms with van der Waals surface area (Å²) in [4.78, 5) is 0. The Morgan fingerprint density at radius 2 is 1.86 bits per heavy atom. The fraction of sp³-hybridized carbons (Fsp3) is 0.917. The molecule has 2 fully saturated rings. The second kappa shape index (κ2) is 4.31. The van der Waals surface area contributed by atoms with Crippen molar-refractivity contribution in [1.82, 2.24) is 0 Å². The summed E-state index contributed by atoms with van der Waals surface area (Å²) in [6, 6.07) is 2.58. The van der Waals surface area contributed by atoms with Crippen LogP contribution in [-0.4, -0.2) is 13.2 Å². The molecule has 0 aromatic rings. The average molecular weight is 193 g/mol. The fourth-order valence-electron chi connectivity index (χ4n) is 2.92. The molecule has 0 amide bonds. The molecule has 0 radical (unpaired) electrons. The third kappa shape index (κ3) is 2.09.